The van der Waals surface area contributed by atoms with E-state index in [0.717, 1.165) is 71.8 Å². The number of rotatable bonds is 9. The van der Waals surface area contributed by atoms with E-state index < -0.39 is 109 Å². The van der Waals surface area contributed by atoms with Gasteiger partial charge in [0.2, 0.25) is 0 Å². The normalized spacial score (nSPS) is 14.8. The molecule has 0 bridgehead atoms. The Labute approximate surface area is 614 Å². The van der Waals surface area contributed by atoms with Crippen LogP contribution < -0.4 is 26.2 Å². The molecule has 0 saturated carbocycles. The fourth-order valence-electron chi connectivity index (χ4n) is 16.0. The van der Waals surface area contributed by atoms with Crippen LogP contribution in [-0.4, -0.2) is 20.4 Å². The molecule has 2 aliphatic rings. The Morgan fingerprint density at radius 3 is 1.16 bits per heavy atom. The molecule has 0 amide bonds. The quantitative estimate of drug-likeness (QED) is 0.135. The number of aromatic nitrogens is 3. The molecule has 0 N–H and O–H groups in total. The number of fused-ring (bicyclic) bond motifs is 13. The summed E-state index contributed by atoms with van der Waals surface area (Å²) in [6, 6.07) is 74.8. The van der Waals surface area contributed by atoms with Crippen LogP contribution in [0.15, 0.2) is 339 Å². The molecule has 0 unspecified atom stereocenters. The van der Waals surface area contributed by atoms with Gasteiger partial charge in [-0.2, -0.15) is 5.26 Å². The summed E-state index contributed by atoms with van der Waals surface area (Å²) in [6.45, 7) is 5.68. The maximum Gasteiger partial charge on any atom is 0.252 e. The molecule has 0 atom stereocenters. The molecule has 18 aromatic rings. The van der Waals surface area contributed by atoms with E-state index >= 15 is 0 Å². The van der Waals surface area contributed by atoms with Crippen LogP contribution in [0.3, 0.4) is 0 Å². The number of hydrogen-bond acceptors (Lipinski definition) is 3. The van der Waals surface area contributed by atoms with E-state index in [-0.39, 0.29) is 60.5 Å². The second-order valence-electron chi connectivity index (χ2n) is 27.1. The van der Waals surface area contributed by atoms with Crippen molar-refractivity contribution in [2.45, 2.75) is 26.2 Å². The number of anilines is 6. The number of nitriles is 1. The highest BCUT2D eigenvalue weighted by atomic mass is 15.2. The maximum atomic E-state index is 12.1. The molecule has 0 spiro atoms. The molecular formula is C95H65BN6. The summed E-state index contributed by atoms with van der Waals surface area (Å²) < 4.78 is 156. The first-order chi connectivity index (χ1) is 56.9. The van der Waals surface area contributed by atoms with Crippen molar-refractivity contribution in [2.75, 3.05) is 9.80 Å². The van der Waals surface area contributed by atoms with Gasteiger partial charge < -0.3 is 23.5 Å². The van der Waals surface area contributed by atoms with Gasteiger partial charge in [0.1, 0.15) is 6.07 Å². The van der Waals surface area contributed by atoms with Crippen LogP contribution >= 0.6 is 0 Å². The lowest BCUT2D eigenvalue weighted by atomic mass is 9.33. The Kier molecular flexibility index (Phi) is 10.1. The van der Waals surface area contributed by atoms with Gasteiger partial charge >= 0.3 is 0 Å². The Morgan fingerprint density at radius 2 is 0.696 bits per heavy atom. The molecule has 7 heteroatoms. The Bertz CT molecular complexity index is 7270. The van der Waals surface area contributed by atoms with Crippen LogP contribution in [0.1, 0.15) is 53.8 Å². The lowest BCUT2D eigenvalue weighted by Crippen LogP contribution is -2.61. The SMILES string of the molecule is [2H]c1c([2H])c([2H])c2c(c1[2H])c1c([2H])c([2H])c([2H])c([2H])c1n2-c1ccc2c(c1)N(c1cc(-n3c4ccccc4c4ccccc43)ccc1C#N)c1cc(-c3ccccc3-c3ccccc3)cc3c1B2c1ccc(-n2c4c([2H])c([2H])c([2H])c([2H])c4c4c([2H])c([2H])c([2H])c([2H])c42)cc1N3c1c(-c2ccccc2)cc(C(C)(C)C)cc1-c1ccccc1. The van der Waals surface area contributed by atoms with Crippen LogP contribution in [0, 0.1) is 11.3 Å². The van der Waals surface area contributed by atoms with E-state index in [1.165, 1.54) is 9.13 Å². The average molecular weight is 1320 g/mol. The molecule has 102 heavy (non-hydrogen) atoms. The van der Waals surface area contributed by atoms with Gasteiger partial charge in [-0.25, -0.2) is 0 Å². The minimum Gasteiger partial charge on any atom is -0.310 e. The highest BCUT2D eigenvalue weighted by Crippen LogP contribution is 2.54. The zero-order chi connectivity index (χ0) is 81.8. The lowest BCUT2D eigenvalue weighted by Gasteiger charge is -2.45. The molecular weight excluding hydrogens is 1240 g/mol. The molecule has 6 nitrogen and oxygen atoms in total. The van der Waals surface area contributed by atoms with Gasteiger partial charge in [0.15, 0.2) is 0 Å². The second kappa shape index (κ2) is 23.0. The topological polar surface area (TPSA) is 45.1 Å². The van der Waals surface area contributed by atoms with Gasteiger partial charge in [-0.1, -0.05) is 257 Å². The molecule has 3 aromatic heterocycles. The van der Waals surface area contributed by atoms with Gasteiger partial charge in [-0.05, 0) is 164 Å². The molecule has 15 aromatic carbocycles. The number of para-hydroxylation sites is 6. The van der Waals surface area contributed by atoms with Crippen molar-refractivity contribution < 1.29 is 21.9 Å². The van der Waals surface area contributed by atoms with Crippen molar-refractivity contribution in [1.29, 1.82) is 5.26 Å². The maximum absolute atomic E-state index is 12.1. The zero-order valence-corrected chi connectivity index (χ0v) is 55.4. The van der Waals surface area contributed by atoms with Gasteiger partial charge in [0.05, 0.1) is 72.0 Å². The van der Waals surface area contributed by atoms with Crippen LogP contribution in [0.2, 0.25) is 0 Å². The summed E-state index contributed by atoms with van der Waals surface area (Å²) in [5.41, 5.74) is 15.5. The van der Waals surface area contributed by atoms with Crippen LogP contribution in [0.5, 0.6) is 0 Å². The largest absolute Gasteiger partial charge is 0.310 e. The fourth-order valence-corrected chi connectivity index (χ4v) is 16.0. The second-order valence-corrected chi connectivity index (χ2v) is 27.1. The Balaban J connectivity index is 1.01. The summed E-state index contributed by atoms with van der Waals surface area (Å²) in [7, 11) is 0. The monoisotopic (exact) mass is 1320 g/mol. The number of nitrogens with zero attached hydrogens (tertiary/aromatic N) is 6. The fraction of sp³-hybridized carbons (Fsp3) is 0.0421. The van der Waals surface area contributed by atoms with E-state index in [9.17, 15) is 21.7 Å². The first kappa shape index (κ1) is 44.7. The average Bonchev–Trinajstić information content (AvgIpc) is 0.897. The van der Waals surface area contributed by atoms with Crippen molar-refractivity contribution >= 4 is 123 Å². The Hall–Kier alpha value is -13.1. The van der Waals surface area contributed by atoms with E-state index in [2.05, 4.69) is 138 Å². The van der Waals surface area contributed by atoms with Gasteiger partial charge in [0, 0.05) is 83.3 Å². The molecule has 0 fully saturated rings. The summed E-state index contributed by atoms with van der Waals surface area (Å²) in [5.74, 6) is 0. The lowest BCUT2D eigenvalue weighted by molar-refractivity contribution is 0.591. The van der Waals surface area contributed by atoms with E-state index in [1.54, 1.807) is 6.07 Å². The number of hydrogen-bond donors (Lipinski definition) is 0. The molecule has 20 rings (SSSR count). The van der Waals surface area contributed by atoms with Crippen LogP contribution in [0.25, 0.3) is 127 Å². The highest BCUT2D eigenvalue weighted by Gasteiger charge is 2.46. The summed E-state index contributed by atoms with van der Waals surface area (Å²) in [5, 5.41) is 13.7. The van der Waals surface area contributed by atoms with Crippen molar-refractivity contribution in [3.05, 3.63) is 350 Å². The van der Waals surface area contributed by atoms with Crippen molar-refractivity contribution in [3.63, 3.8) is 0 Å². The van der Waals surface area contributed by atoms with Crippen molar-refractivity contribution in [3.8, 4) is 67.6 Å². The van der Waals surface area contributed by atoms with Gasteiger partial charge in [-0.3, -0.25) is 0 Å². The van der Waals surface area contributed by atoms with Crippen LogP contribution in [-0.2, 0) is 5.41 Å². The van der Waals surface area contributed by atoms with Crippen molar-refractivity contribution in [1.82, 2.24) is 13.7 Å². The number of benzene rings is 15. The minimum absolute atomic E-state index is 0.0790. The smallest absolute Gasteiger partial charge is 0.252 e. The highest BCUT2D eigenvalue weighted by molar-refractivity contribution is 7.00. The van der Waals surface area contributed by atoms with Gasteiger partial charge in [-0.15, -0.1) is 0 Å². The first-order valence-corrected chi connectivity index (χ1v) is 33.9. The minimum atomic E-state index is -0.857. The third kappa shape index (κ3) is 8.99. The molecule has 0 radical (unpaired) electrons. The Morgan fingerprint density at radius 1 is 0.324 bits per heavy atom. The summed E-state index contributed by atoms with van der Waals surface area (Å²) >= 11 is 0. The third-order valence-corrected chi connectivity index (χ3v) is 20.5. The molecule has 0 saturated heterocycles. The standard InChI is InChI=1S/C95H65BN6/c1-95(2,3)66-55-78(62-29-9-5-10-30-62)94(79(56-66)63-31-11-6-12-32-63)102-90-59-69(100-86-45-25-19-39-76(86)77-40-20-26-46-87(77)100)50-52-81(90)96-80-51-49-68(99-84-43-23-17-37-74(84)75-38-18-24-44-85(75)99)58-89(80)101(91-53-65(54-92(102)93(91)96)71-34-14-13-33-70(71)61-27-7-4-8-28-61)88-57-67(48-47-64(88)60-97)98-82-41-21-15-35-72(82)73-36-16-22-42-83(73)98/h4-59H,1-3H3/i17D,18D,19D,20D,23D,24D,25D,26D,37D,38D,39D,40D,43D,44D,45D,46D. The molecule has 0 aliphatic carbocycles. The van der Waals surface area contributed by atoms with Crippen molar-refractivity contribution in [2.24, 2.45) is 0 Å². The molecule has 5 heterocycles. The first-order valence-electron chi connectivity index (χ1n) is 41.9. The van der Waals surface area contributed by atoms with Crippen LogP contribution in [0.4, 0.5) is 34.1 Å². The van der Waals surface area contributed by atoms with E-state index in [4.69, 9.17) is 5.48 Å². The van der Waals surface area contributed by atoms with Gasteiger partial charge in [0.25, 0.3) is 6.71 Å². The predicted octanol–water partition coefficient (Wildman–Crippen LogP) is 22.9. The summed E-state index contributed by atoms with van der Waals surface area (Å²) in [4.78, 5) is 4.36. The van der Waals surface area contributed by atoms with E-state index in [0.29, 0.717) is 56.3 Å². The predicted molar refractivity (Wildman–Crippen MR) is 429 cm³/mol. The summed E-state index contributed by atoms with van der Waals surface area (Å²) in [6.07, 6.45) is 0. The molecule has 478 valence electrons. The zero-order valence-electron chi connectivity index (χ0n) is 71.4. The van der Waals surface area contributed by atoms with E-state index in [1.807, 2.05) is 140 Å². The third-order valence-electron chi connectivity index (χ3n) is 20.5. The molecule has 2 aliphatic heterocycles.